The van der Waals surface area contributed by atoms with Crippen LogP contribution in [0.4, 0.5) is 0 Å². The lowest BCUT2D eigenvalue weighted by molar-refractivity contribution is -0.119. The Labute approximate surface area is 112 Å². The van der Waals surface area contributed by atoms with Crippen LogP contribution in [-0.4, -0.2) is 24.8 Å². The van der Waals surface area contributed by atoms with Gasteiger partial charge in [0.25, 0.3) is 0 Å². The Hall–Kier alpha value is -1.45. The maximum absolute atomic E-state index is 12.3. The van der Waals surface area contributed by atoms with E-state index in [-0.39, 0.29) is 11.8 Å². The van der Waals surface area contributed by atoms with Gasteiger partial charge >= 0.3 is 0 Å². The van der Waals surface area contributed by atoms with E-state index in [9.17, 15) is 4.79 Å². The number of thiophene rings is 1. The maximum atomic E-state index is 12.3. The van der Waals surface area contributed by atoms with Crippen LogP contribution in [-0.2, 0) is 4.79 Å². The molecule has 0 saturated carbocycles. The van der Waals surface area contributed by atoms with Crippen LogP contribution < -0.4 is 0 Å². The number of fused-ring (bicyclic) bond motifs is 1. The zero-order valence-corrected chi connectivity index (χ0v) is 11.8. The number of hydrogen-bond acceptors (Lipinski definition) is 3. The fourth-order valence-corrected chi connectivity index (χ4v) is 3.08. The highest BCUT2D eigenvalue weighted by Gasteiger charge is 2.25. The number of Topliss-reactive ketones (excluding diaryl/α,β-unsaturated/α-hetero) is 1. The van der Waals surface area contributed by atoms with Crippen molar-refractivity contribution in [2.45, 2.75) is 13.0 Å². The molecule has 0 aliphatic carbocycles. The summed E-state index contributed by atoms with van der Waals surface area (Å²) in [4.78, 5) is 14.2. The smallest absolute Gasteiger partial charge is 0.179 e. The minimum absolute atomic E-state index is 0.0866. The van der Waals surface area contributed by atoms with Crippen molar-refractivity contribution >= 4 is 27.2 Å². The molecule has 94 valence electrons. The summed E-state index contributed by atoms with van der Waals surface area (Å²) < 4.78 is 1.22. The molecule has 18 heavy (non-hydrogen) atoms. The Balaban J connectivity index is 2.55. The number of rotatable bonds is 4. The molecule has 1 atom stereocenters. The van der Waals surface area contributed by atoms with Crippen LogP contribution in [0.25, 0.3) is 10.1 Å². The second-order valence-electron chi connectivity index (χ2n) is 4.70. The molecule has 0 spiro atoms. The van der Waals surface area contributed by atoms with E-state index in [4.69, 9.17) is 0 Å². The van der Waals surface area contributed by atoms with E-state index in [0.717, 1.165) is 10.9 Å². The number of benzene rings is 1. The van der Waals surface area contributed by atoms with Crippen molar-refractivity contribution in [2.75, 3.05) is 14.1 Å². The summed E-state index contributed by atoms with van der Waals surface area (Å²) in [5.41, 5.74) is 1.68. The van der Waals surface area contributed by atoms with Gasteiger partial charge in [0, 0.05) is 4.70 Å². The van der Waals surface area contributed by atoms with Gasteiger partial charge in [-0.3, -0.25) is 9.69 Å². The average molecular weight is 259 g/mol. The molecule has 1 heterocycles. The predicted octanol–water partition coefficient (Wildman–Crippen LogP) is 3.65. The number of carbonyl (C=O) groups excluding carboxylic acids is 1. The lowest BCUT2D eigenvalue weighted by Gasteiger charge is -2.23. The van der Waals surface area contributed by atoms with Crippen LogP contribution in [0, 0.1) is 0 Å². The normalized spacial score (nSPS) is 12.9. The number of ketones is 1. The zero-order chi connectivity index (χ0) is 13.3. The first kappa shape index (κ1) is 13.0. The Bertz CT molecular complexity index is 597. The van der Waals surface area contributed by atoms with E-state index >= 15 is 0 Å². The van der Waals surface area contributed by atoms with Crippen molar-refractivity contribution in [2.24, 2.45) is 0 Å². The summed E-state index contributed by atoms with van der Waals surface area (Å²) in [6.07, 6.45) is 0. The van der Waals surface area contributed by atoms with E-state index in [1.807, 2.05) is 31.1 Å². The Morgan fingerprint density at radius 2 is 2.00 bits per heavy atom. The van der Waals surface area contributed by atoms with Gasteiger partial charge in [0.15, 0.2) is 5.78 Å². The van der Waals surface area contributed by atoms with Gasteiger partial charge < -0.3 is 0 Å². The minimum atomic E-state index is -0.237. The van der Waals surface area contributed by atoms with Crippen LogP contribution in [0.2, 0.25) is 0 Å². The Kier molecular flexibility index (Phi) is 3.64. The molecular formula is C15H17NOS. The molecule has 1 aromatic heterocycles. The van der Waals surface area contributed by atoms with Crippen LogP contribution in [0.5, 0.6) is 0 Å². The third-order valence-electron chi connectivity index (χ3n) is 2.99. The van der Waals surface area contributed by atoms with Gasteiger partial charge in [-0.15, -0.1) is 11.3 Å². The van der Waals surface area contributed by atoms with Gasteiger partial charge in [-0.05, 0) is 49.0 Å². The van der Waals surface area contributed by atoms with Gasteiger partial charge in [0.2, 0.25) is 0 Å². The molecule has 0 aliphatic rings. The van der Waals surface area contributed by atoms with Crippen molar-refractivity contribution in [3.63, 3.8) is 0 Å². The molecule has 0 aliphatic heterocycles. The maximum Gasteiger partial charge on any atom is 0.179 e. The molecule has 2 rings (SSSR count). The van der Waals surface area contributed by atoms with E-state index in [2.05, 4.69) is 24.1 Å². The van der Waals surface area contributed by atoms with Crippen LogP contribution >= 0.6 is 11.3 Å². The first-order valence-corrected chi connectivity index (χ1v) is 6.72. The highest BCUT2D eigenvalue weighted by atomic mass is 32.1. The summed E-state index contributed by atoms with van der Waals surface area (Å²) in [6, 6.07) is 7.95. The monoisotopic (exact) mass is 259 g/mol. The van der Waals surface area contributed by atoms with Crippen LogP contribution in [0.15, 0.2) is 41.8 Å². The first-order chi connectivity index (χ1) is 8.52. The van der Waals surface area contributed by atoms with Crippen LogP contribution in [0.3, 0.4) is 0 Å². The molecule has 2 nitrogen and oxygen atoms in total. The Morgan fingerprint density at radius 1 is 1.33 bits per heavy atom. The van der Waals surface area contributed by atoms with E-state index < -0.39 is 0 Å². The SMILES string of the molecule is C=C(C)C(=O)C(c1csc2ccccc12)N(C)C. The third-order valence-corrected chi connectivity index (χ3v) is 3.97. The van der Waals surface area contributed by atoms with Gasteiger partial charge in [0.1, 0.15) is 0 Å². The van der Waals surface area contributed by atoms with E-state index in [0.29, 0.717) is 5.57 Å². The first-order valence-electron chi connectivity index (χ1n) is 5.84. The second kappa shape index (κ2) is 5.04. The van der Waals surface area contributed by atoms with E-state index in [1.54, 1.807) is 18.3 Å². The topological polar surface area (TPSA) is 20.3 Å². The van der Waals surface area contributed by atoms with Crippen molar-refractivity contribution in [1.29, 1.82) is 0 Å². The van der Waals surface area contributed by atoms with E-state index in [1.165, 1.54) is 4.70 Å². The Morgan fingerprint density at radius 3 is 2.61 bits per heavy atom. The molecule has 3 heteroatoms. The molecule has 0 fully saturated rings. The number of likely N-dealkylation sites (N-methyl/N-ethyl adjacent to an activating group) is 1. The summed E-state index contributed by atoms with van der Waals surface area (Å²) in [5.74, 6) is 0.0866. The molecular weight excluding hydrogens is 242 g/mol. The summed E-state index contributed by atoms with van der Waals surface area (Å²) >= 11 is 1.68. The number of hydrogen-bond donors (Lipinski definition) is 0. The molecule has 0 amide bonds. The summed E-state index contributed by atoms with van der Waals surface area (Å²) in [6.45, 7) is 5.55. The second-order valence-corrected chi connectivity index (χ2v) is 5.61. The predicted molar refractivity (Wildman–Crippen MR) is 78.1 cm³/mol. The zero-order valence-electron chi connectivity index (χ0n) is 10.9. The molecule has 0 radical (unpaired) electrons. The summed E-state index contributed by atoms with van der Waals surface area (Å²) in [7, 11) is 3.86. The van der Waals surface area contributed by atoms with Gasteiger partial charge in [-0.25, -0.2) is 0 Å². The highest BCUT2D eigenvalue weighted by molar-refractivity contribution is 7.17. The van der Waals surface area contributed by atoms with Crippen LogP contribution in [0.1, 0.15) is 18.5 Å². The standard InChI is InChI=1S/C15H17NOS/c1-10(2)15(17)14(16(3)4)12-9-18-13-8-6-5-7-11(12)13/h5-9,14H,1H2,2-4H3. The molecule has 2 aromatic rings. The molecule has 0 saturated heterocycles. The van der Waals surface area contributed by atoms with Crippen molar-refractivity contribution in [3.05, 3.63) is 47.4 Å². The molecule has 1 unspecified atom stereocenters. The molecule has 1 aromatic carbocycles. The largest absolute Gasteiger partial charge is 0.296 e. The van der Waals surface area contributed by atoms with Crippen molar-refractivity contribution in [1.82, 2.24) is 4.90 Å². The molecule has 0 bridgehead atoms. The van der Waals surface area contributed by atoms with Gasteiger partial charge in [-0.2, -0.15) is 0 Å². The lowest BCUT2D eigenvalue weighted by atomic mass is 9.97. The fraction of sp³-hybridized carbons (Fsp3) is 0.267. The highest BCUT2D eigenvalue weighted by Crippen LogP contribution is 2.33. The minimum Gasteiger partial charge on any atom is -0.296 e. The lowest BCUT2D eigenvalue weighted by Crippen LogP contribution is -2.27. The summed E-state index contributed by atoms with van der Waals surface area (Å²) in [5, 5.41) is 3.24. The van der Waals surface area contributed by atoms with Gasteiger partial charge in [-0.1, -0.05) is 24.8 Å². The fourth-order valence-electron chi connectivity index (χ4n) is 2.10. The van der Waals surface area contributed by atoms with Crippen molar-refractivity contribution in [3.8, 4) is 0 Å². The third kappa shape index (κ3) is 2.24. The van der Waals surface area contributed by atoms with Gasteiger partial charge in [0.05, 0.1) is 6.04 Å². The van der Waals surface area contributed by atoms with Crippen molar-refractivity contribution < 1.29 is 4.79 Å². The number of carbonyl (C=O) groups is 1. The number of nitrogens with zero attached hydrogens (tertiary/aromatic N) is 1. The average Bonchev–Trinajstić information content (AvgIpc) is 2.73. The molecule has 0 N–H and O–H groups in total. The quantitative estimate of drug-likeness (QED) is 0.781.